The van der Waals surface area contributed by atoms with Crippen LogP contribution in [0.25, 0.3) is 10.4 Å². The molecule has 22 heavy (non-hydrogen) atoms. The van der Waals surface area contributed by atoms with Gasteiger partial charge in [0.05, 0.1) is 12.6 Å². The lowest BCUT2D eigenvalue weighted by Gasteiger charge is -2.22. The van der Waals surface area contributed by atoms with Crippen molar-refractivity contribution in [2.24, 2.45) is 5.11 Å². The Morgan fingerprint density at radius 3 is 2.27 bits per heavy atom. The van der Waals surface area contributed by atoms with E-state index < -0.39 is 13.4 Å². The Kier molecular flexibility index (Phi) is 5.79. The van der Waals surface area contributed by atoms with Crippen molar-refractivity contribution < 1.29 is 9.09 Å². The molecule has 0 aliphatic heterocycles. The van der Waals surface area contributed by atoms with Crippen LogP contribution in [0.2, 0.25) is 0 Å². The molecule has 0 aliphatic carbocycles. The van der Waals surface area contributed by atoms with Gasteiger partial charge in [-0.1, -0.05) is 53.6 Å². The quantitative estimate of drug-likeness (QED) is 0.322. The lowest BCUT2D eigenvalue weighted by Crippen LogP contribution is -2.14. The number of rotatable bonds is 7. The lowest BCUT2D eigenvalue weighted by atomic mass is 10.1. The van der Waals surface area contributed by atoms with Gasteiger partial charge in [0.15, 0.2) is 0 Å². The molecule has 2 rings (SSSR count). The molecule has 0 amide bonds. The summed E-state index contributed by atoms with van der Waals surface area (Å²) < 4.78 is 18.9. The molecule has 0 heterocycles. The van der Waals surface area contributed by atoms with Crippen LogP contribution in [-0.4, -0.2) is 12.8 Å². The summed E-state index contributed by atoms with van der Waals surface area (Å²) in [7, 11) is -3.09. The van der Waals surface area contributed by atoms with Crippen LogP contribution in [0.3, 0.4) is 0 Å². The predicted octanol–water partition coefficient (Wildman–Crippen LogP) is 4.68. The minimum atomic E-state index is -3.09. The van der Waals surface area contributed by atoms with E-state index in [2.05, 4.69) is 10.0 Å². The maximum atomic E-state index is 13.3. The van der Waals surface area contributed by atoms with Gasteiger partial charge in [0.25, 0.3) is 0 Å². The van der Waals surface area contributed by atoms with Crippen LogP contribution >= 0.6 is 7.37 Å². The highest BCUT2D eigenvalue weighted by atomic mass is 31.2. The Bertz CT molecular complexity index is 685. The molecule has 0 aromatic heterocycles. The zero-order valence-electron chi connectivity index (χ0n) is 12.4. The topological polar surface area (TPSA) is 75.1 Å². The zero-order valence-corrected chi connectivity index (χ0v) is 13.3. The molecule has 0 spiro atoms. The second-order valence-electron chi connectivity index (χ2n) is 4.74. The van der Waals surface area contributed by atoms with Crippen molar-refractivity contribution in [3.05, 3.63) is 76.7 Å². The summed E-state index contributed by atoms with van der Waals surface area (Å²) in [6.07, 6.45) is 0.152. The highest BCUT2D eigenvalue weighted by Gasteiger charge is 2.29. The number of hydrogen-bond acceptors (Lipinski definition) is 3. The summed E-state index contributed by atoms with van der Waals surface area (Å²) >= 11 is 0. The molecule has 2 aromatic rings. The third kappa shape index (κ3) is 3.99. The van der Waals surface area contributed by atoms with Gasteiger partial charge in [-0.05, 0) is 30.2 Å². The highest BCUT2D eigenvalue weighted by molar-refractivity contribution is 7.67. The second-order valence-corrected chi connectivity index (χ2v) is 7.23. The molecule has 6 heteroatoms. The Labute approximate surface area is 130 Å². The van der Waals surface area contributed by atoms with E-state index in [9.17, 15) is 4.57 Å². The van der Waals surface area contributed by atoms with Crippen LogP contribution in [0.15, 0.2) is 65.8 Å². The SMILES string of the molecule is CCOP(=O)(CC(N=[N+]=[N-])c1ccccc1)c1ccccc1. The molecule has 0 aliphatic rings. The summed E-state index contributed by atoms with van der Waals surface area (Å²) in [5.41, 5.74) is 9.65. The first-order valence-corrected chi connectivity index (χ1v) is 8.89. The summed E-state index contributed by atoms with van der Waals surface area (Å²) in [5.74, 6) is 0. The molecule has 2 unspecified atom stereocenters. The molecule has 5 nitrogen and oxygen atoms in total. The summed E-state index contributed by atoms with van der Waals surface area (Å²) in [5, 5.41) is 4.46. The van der Waals surface area contributed by atoms with Crippen molar-refractivity contribution in [2.75, 3.05) is 12.8 Å². The van der Waals surface area contributed by atoms with Crippen molar-refractivity contribution in [3.63, 3.8) is 0 Å². The smallest absolute Gasteiger partial charge is 0.232 e. The van der Waals surface area contributed by atoms with E-state index in [1.165, 1.54) is 0 Å². The number of azide groups is 1. The van der Waals surface area contributed by atoms with E-state index in [-0.39, 0.29) is 6.16 Å². The van der Waals surface area contributed by atoms with Gasteiger partial charge in [0.1, 0.15) is 0 Å². The van der Waals surface area contributed by atoms with Crippen molar-refractivity contribution in [1.29, 1.82) is 0 Å². The first-order valence-electron chi connectivity index (χ1n) is 7.08. The maximum Gasteiger partial charge on any atom is 0.232 e. The van der Waals surface area contributed by atoms with Gasteiger partial charge in [0.2, 0.25) is 7.37 Å². The Morgan fingerprint density at radius 1 is 1.14 bits per heavy atom. The third-order valence-corrected chi connectivity index (χ3v) is 5.86. The van der Waals surface area contributed by atoms with E-state index in [0.717, 1.165) is 5.56 Å². The molecule has 0 saturated heterocycles. The molecule has 0 bridgehead atoms. The minimum Gasteiger partial charge on any atom is -0.326 e. The molecule has 114 valence electrons. The lowest BCUT2D eigenvalue weighted by molar-refractivity contribution is 0.338. The molecule has 0 saturated carbocycles. The van der Waals surface area contributed by atoms with E-state index in [4.69, 9.17) is 10.1 Å². The first kappa shape index (κ1) is 16.3. The maximum absolute atomic E-state index is 13.3. The van der Waals surface area contributed by atoms with Crippen LogP contribution in [0, 0.1) is 0 Å². The van der Waals surface area contributed by atoms with Gasteiger partial charge in [-0.25, -0.2) is 0 Å². The number of benzene rings is 2. The fourth-order valence-corrected chi connectivity index (χ4v) is 4.52. The van der Waals surface area contributed by atoms with E-state index in [1.54, 1.807) is 19.1 Å². The molecular formula is C16H18N3O2P. The van der Waals surface area contributed by atoms with Gasteiger partial charge in [0, 0.05) is 16.4 Å². The Balaban J connectivity index is 2.36. The first-order chi connectivity index (χ1) is 10.7. The third-order valence-electron chi connectivity index (χ3n) is 3.28. The fraction of sp³-hybridized carbons (Fsp3) is 0.250. The summed E-state index contributed by atoms with van der Waals surface area (Å²) in [4.78, 5) is 2.90. The largest absolute Gasteiger partial charge is 0.326 e. The molecule has 0 N–H and O–H groups in total. The van der Waals surface area contributed by atoms with Gasteiger partial charge < -0.3 is 4.52 Å². The van der Waals surface area contributed by atoms with Crippen LogP contribution in [0.1, 0.15) is 18.5 Å². The standard InChI is InChI=1S/C16H18N3O2P/c1-2-21-22(20,15-11-7-4-8-12-15)13-16(18-19-17)14-9-5-3-6-10-14/h3-12,16H,2,13H2,1H3. The number of nitrogens with zero attached hydrogens (tertiary/aromatic N) is 3. The van der Waals surface area contributed by atoms with Gasteiger partial charge in [-0.3, -0.25) is 4.57 Å². The molecular weight excluding hydrogens is 297 g/mol. The monoisotopic (exact) mass is 315 g/mol. The van der Waals surface area contributed by atoms with Crippen LogP contribution in [0.4, 0.5) is 0 Å². The summed E-state index contributed by atoms with van der Waals surface area (Å²) in [6, 6.07) is 17.9. The van der Waals surface area contributed by atoms with Gasteiger partial charge in [-0.2, -0.15) is 0 Å². The highest BCUT2D eigenvalue weighted by Crippen LogP contribution is 2.49. The zero-order chi connectivity index (χ0) is 15.8. The average Bonchev–Trinajstić information content (AvgIpc) is 2.56. The van der Waals surface area contributed by atoms with Crippen LogP contribution < -0.4 is 5.30 Å². The van der Waals surface area contributed by atoms with Crippen molar-refractivity contribution >= 4 is 12.7 Å². The summed E-state index contributed by atoms with van der Waals surface area (Å²) in [6.45, 7) is 2.14. The van der Waals surface area contributed by atoms with Gasteiger partial charge >= 0.3 is 0 Å². The molecule has 2 atom stereocenters. The average molecular weight is 315 g/mol. The van der Waals surface area contributed by atoms with E-state index in [0.29, 0.717) is 11.9 Å². The molecule has 2 aromatic carbocycles. The van der Waals surface area contributed by atoms with E-state index in [1.807, 2.05) is 48.5 Å². The van der Waals surface area contributed by atoms with Crippen molar-refractivity contribution in [2.45, 2.75) is 13.0 Å². The fourth-order valence-electron chi connectivity index (χ4n) is 2.27. The van der Waals surface area contributed by atoms with Crippen molar-refractivity contribution in [3.8, 4) is 0 Å². The van der Waals surface area contributed by atoms with E-state index >= 15 is 0 Å². The van der Waals surface area contributed by atoms with Crippen LogP contribution in [0.5, 0.6) is 0 Å². The predicted molar refractivity (Wildman–Crippen MR) is 88.5 cm³/mol. The Hall–Kier alpha value is -2.06. The normalized spacial score (nSPS) is 14.6. The second kappa shape index (κ2) is 7.81. The van der Waals surface area contributed by atoms with Crippen LogP contribution in [-0.2, 0) is 9.09 Å². The number of hydrogen-bond donors (Lipinski definition) is 0. The molecule has 0 radical (unpaired) electrons. The van der Waals surface area contributed by atoms with Gasteiger partial charge in [-0.15, -0.1) is 0 Å². The minimum absolute atomic E-state index is 0.152. The Morgan fingerprint density at radius 2 is 1.73 bits per heavy atom. The van der Waals surface area contributed by atoms with Crippen molar-refractivity contribution in [1.82, 2.24) is 0 Å². The molecule has 0 fully saturated rings.